The summed E-state index contributed by atoms with van der Waals surface area (Å²) in [5, 5.41) is 3.60. The van der Waals surface area contributed by atoms with Gasteiger partial charge in [0.1, 0.15) is 0 Å². The normalized spacial score (nSPS) is 45.6. The molecule has 2 heteroatoms. The lowest BCUT2D eigenvalue weighted by atomic mass is 9.79. The monoisotopic (exact) mass is 169 g/mol. The first-order valence-corrected chi connectivity index (χ1v) is 5.72. The van der Waals surface area contributed by atoms with Crippen molar-refractivity contribution < 1.29 is 0 Å². The molecule has 1 nitrogen and oxygen atoms in total. The topological polar surface area (TPSA) is 12.0 Å². The molecule has 2 aliphatic rings. The molecule has 1 aliphatic heterocycles. The quantitative estimate of drug-likeness (QED) is 0.468. The second-order valence-electron chi connectivity index (χ2n) is 3.70. The van der Waals surface area contributed by atoms with Crippen molar-refractivity contribution in [3.63, 3.8) is 0 Å². The molecule has 2 fully saturated rings. The van der Waals surface area contributed by atoms with Crippen LogP contribution in [0.2, 0.25) is 0 Å². The van der Waals surface area contributed by atoms with Gasteiger partial charge < -0.3 is 0 Å². The lowest BCUT2D eigenvalue weighted by Gasteiger charge is -2.29. The number of nitrogens with one attached hydrogen (secondary N) is 1. The zero-order valence-corrected chi connectivity index (χ0v) is 7.84. The summed E-state index contributed by atoms with van der Waals surface area (Å²) in [6, 6.07) is 0.865. The van der Waals surface area contributed by atoms with Gasteiger partial charge in [-0.3, -0.25) is 5.09 Å². The first-order chi connectivity index (χ1) is 5.40. The molecule has 0 amide bonds. The number of hydrogen-bond acceptors (Lipinski definition) is 1. The molecule has 1 N–H and O–H groups in total. The zero-order chi connectivity index (χ0) is 7.68. The highest BCUT2D eigenvalue weighted by Gasteiger charge is 2.32. The van der Waals surface area contributed by atoms with E-state index in [-0.39, 0.29) is 0 Å². The van der Waals surface area contributed by atoms with Crippen molar-refractivity contribution >= 4 is 8.73 Å². The average Bonchev–Trinajstić information content (AvgIpc) is 2.50. The Morgan fingerprint density at radius 3 is 3.18 bits per heavy atom. The van der Waals surface area contributed by atoms with Crippen LogP contribution in [0.15, 0.2) is 12.7 Å². The standard InChI is InChI=1S/C9H16NP/c1-2-7-3-4-9-8(5-7)6-11-10-9/h2,7-11H,1,3-6H2. The van der Waals surface area contributed by atoms with Crippen LogP contribution >= 0.6 is 8.73 Å². The highest BCUT2D eigenvalue weighted by molar-refractivity contribution is 7.36. The predicted octanol–water partition coefficient (Wildman–Crippen LogP) is 2.15. The van der Waals surface area contributed by atoms with Crippen LogP contribution in [-0.2, 0) is 0 Å². The van der Waals surface area contributed by atoms with Gasteiger partial charge in [-0.2, -0.15) is 0 Å². The molecular weight excluding hydrogens is 153 g/mol. The maximum absolute atomic E-state index is 3.88. The van der Waals surface area contributed by atoms with Crippen molar-refractivity contribution in [2.45, 2.75) is 25.3 Å². The Bertz CT molecular complexity index is 158. The lowest BCUT2D eigenvalue weighted by Crippen LogP contribution is -2.31. The summed E-state index contributed by atoms with van der Waals surface area (Å²) in [5.74, 6) is 1.80. The maximum atomic E-state index is 3.88. The summed E-state index contributed by atoms with van der Waals surface area (Å²) in [5.41, 5.74) is 0. The smallest absolute Gasteiger partial charge is 0.0134 e. The molecule has 0 aromatic carbocycles. The van der Waals surface area contributed by atoms with Crippen LogP contribution in [-0.4, -0.2) is 12.2 Å². The molecule has 0 radical (unpaired) electrons. The molecule has 0 aromatic heterocycles. The summed E-state index contributed by atoms with van der Waals surface area (Å²) in [7, 11) is 1.03. The molecule has 4 atom stereocenters. The summed E-state index contributed by atoms with van der Waals surface area (Å²) in [4.78, 5) is 0. The molecule has 1 saturated carbocycles. The molecule has 2 rings (SSSR count). The minimum atomic E-state index is 0.820. The van der Waals surface area contributed by atoms with E-state index in [0.717, 1.165) is 26.6 Å². The third-order valence-corrected chi connectivity index (χ3v) is 4.31. The largest absolute Gasteiger partial charge is 0.295 e. The maximum Gasteiger partial charge on any atom is 0.0134 e. The van der Waals surface area contributed by atoms with Crippen LogP contribution in [0.3, 0.4) is 0 Å². The van der Waals surface area contributed by atoms with E-state index in [1.54, 1.807) is 0 Å². The number of rotatable bonds is 1. The molecule has 11 heavy (non-hydrogen) atoms. The van der Waals surface area contributed by atoms with E-state index in [4.69, 9.17) is 0 Å². The van der Waals surface area contributed by atoms with Gasteiger partial charge in [0.15, 0.2) is 0 Å². The van der Waals surface area contributed by atoms with Crippen molar-refractivity contribution in [2.75, 3.05) is 6.16 Å². The van der Waals surface area contributed by atoms with E-state index in [2.05, 4.69) is 17.7 Å². The minimum absolute atomic E-state index is 0.820. The van der Waals surface area contributed by atoms with Gasteiger partial charge in [-0.25, -0.2) is 0 Å². The van der Waals surface area contributed by atoms with Gasteiger partial charge in [-0.05, 0) is 37.3 Å². The molecule has 62 valence electrons. The van der Waals surface area contributed by atoms with Crippen LogP contribution in [0.25, 0.3) is 0 Å². The summed E-state index contributed by atoms with van der Waals surface area (Å²) in [6.07, 6.45) is 7.72. The number of hydrogen-bond donors (Lipinski definition) is 1. The van der Waals surface area contributed by atoms with Crippen LogP contribution in [0.4, 0.5) is 0 Å². The first kappa shape index (κ1) is 7.76. The number of allylic oxidation sites excluding steroid dienone is 1. The van der Waals surface area contributed by atoms with Crippen molar-refractivity contribution in [1.82, 2.24) is 5.09 Å². The van der Waals surface area contributed by atoms with Crippen molar-refractivity contribution in [3.8, 4) is 0 Å². The van der Waals surface area contributed by atoms with Crippen molar-refractivity contribution in [1.29, 1.82) is 0 Å². The predicted molar refractivity (Wildman–Crippen MR) is 51.1 cm³/mol. The van der Waals surface area contributed by atoms with Crippen LogP contribution in [0, 0.1) is 11.8 Å². The average molecular weight is 169 g/mol. The fraction of sp³-hybridized carbons (Fsp3) is 0.778. The molecule has 1 saturated heterocycles. The van der Waals surface area contributed by atoms with Gasteiger partial charge in [0, 0.05) is 6.04 Å². The lowest BCUT2D eigenvalue weighted by molar-refractivity contribution is 0.288. The van der Waals surface area contributed by atoms with Crippen LogP contribution in [0.5, 0.6) is 0 Å². The highest BCUT2D eigenvalue weighted by Crippen LogP contribution is 2.38. The van der Waals surface area contributed by atoms with E-state index in [0.29, 0.717) is 0 Å². The third kappa shape index (κ3) is 1.50. The van der Waals surface area contributed by atoms with Crippen LogP contribution in [0.1, 0.15) is 19.3 Å². The van der Waals surface area contributed by atoms with Gasteiger partial charge in [0.05, 0.1) is 0 Å². The second-order valence-corrected chi connectivity index (χ2v) is 4.75. The molecule has 0 aromatic rings. The van der Waals surface area contributed by atoms with E-state index >= 15 is 0 Å². The number of fused-ring (bicyclic) bond motifs is 1. The van der Waals surface area contributed by atoms with E-state index in [1.165, 1.54) is 25.4 Å². The molecule has 1 aliphatic carbocycles. The molecular formula is C9H16NP. The SMILES string of the molecule is C=CC1CCC2NPCC2C1. The Morgan fingerprint density at radius 2 is 2.36 bits per heavy atom. The Balaban J connectivity index is 1.96. The molecule has 4 unspecified atom stereocenters. The highest BCUT2D eigenvalue weighted by atomic mass is 31.1. The Labute approximate surface area is 70.5 Å². The van der Waals surface area contributed by atoms with Crippen molar-refractivity contribution in [2.24, 2.45) is 11.8 Å². The summed E-state index contributed by atoms with van der Waals surface area (Å²) in [6.45, 7) is 3.88. The van der Waals surface area contributed by atoms with Gasteiger partial charge in [0.25, 0.3) is 0 Å². The first-order valence-electron chi connectivity index (χ1n) is 4.51. The molecule has 1 heterocycles. The second kappa shape index (κ2) is 3.25. The van der Waals surface area contributed by atoms with E-state index in [1.807, 2.05) is 0 Å². The summed E-state index contributed by atoms with van der Waals surface area (Å²) < 4.78 is 0. The minimum Gasteiger partial charge on any atom is -0.295 e. The Morgan fingerprint density at radius 1 is 1.45 bits per heavy atom. The Hall–Kier alpha value is 0.130. The Kier molecular flexibility index (Phi) is 2.29. The van der Waals surface area contributed by atoms with Crippen LogP contribution < -0.4 is 5.09 Å². The van der Waals surface area contributed by atoms with Gasteiger partial charge in [-0.15, -0.1) is 6.58 Å². The van der Waals surface area contributed by atoms with E-state index < -0.39 is 0 Å². The fourth-order valence-corrected chi connectivity index (χ4v) is 3.72. The van der Waals surface area contributed by atoms with Gasteiger partial charge in [0.2, 0.25) is 0 Å². The van der Waals surface area contributed by atoms with Gasteiger partial charge in [-0.1, -0.05) is 14.8 Å². The van der Waals surface area contributed by atoms with E-state index in [9.17, 15) is 0 Å². The summed E-state index contributed by atoms with van der Waals surface area (Å²) >= 11 is 0. The molecule has 0 spiro atoms. The van der Waals surface area contributed by atoms with Gasteiger partial charge >= 0.3 is 0 Å². The zero-order valence-electron chi connectivity index (χ0n) is 6.84. The fourth-order valence-electron chi connectivity index (χ4n) is 2.25. The third-order valence-electron chi connectivity index (χ3n) is 3.01. The molecule has 0 bridgehead atoms. The van der Waals surface area contributed by atoms with Crippen molar-refractivity contribution in [3.05, 3.63) is 12.7 Å².